The molecular weight excluding hydrogens is 411 g/mol. The lowest BCUT2D eigenvalue weighted by molar-refractivity contribution is -0.116. The maximum Gasteiger partial charge on any atom is 0.244 e. The minimum absolute atomic E-state index is 0.300. The van der Waals surface area contributed by atoms with Crippen LogP contribution in [0.5, 0.6) is 0 Å². The van der Waals surface area contributed by atoms with E-state index in [0.717, 1.165) is 22.3 Å². The van der Waals surface area contributed by atoms with Crippen molar-refractivity contribution < 1.29 is 17.6 Å². The molecule has 2 N–H and O–H groups in total. The zero-order valence-corrected chi connectivity index (χ0v) is 17.1. The number of hydrogen-bond donors (Lipinski definition) is 2. The Morgan fingerprint density at radius 3 is 2.34 bits per heavy atom. The van der Waals surface area contributed by atoms with Gasteiger partial charge in [-0.25, -0.2) is 12.8 Å². The van der Waals surface area contributed by atoms with Crippen LogP contribution in [0.2, 0.25) is 0 Å². The van der Waals surface area contributed by atoms with Crippen molar-refractivity contribution in [3.8, 4) is 0 Å². The van der Waals surface area contributed by atoms with Gasteiger partial charge in [-0.15, -0.1) is 11.3 Å². The highest BCUT2D eigenvalue weighted by Gasteiger charge is 2.16. The number of carbonyl (C=O) groups is 1. The molecule has 5 nitrogen and oxygen atoms in total. The zero-order chi connectivity index (χ0) is 20.9. The lowest BCUT2D eigenvalue weighted by Crippen LogP contribution is -2.27. The van der Waals surface area contributed by atoms with E-state index in [1.54, 1.807) is 42.5 Å². The summed E-state index contributed by atoms with van der Waals surface area (Å²) in [6, 6.07) is 16.1. The Morgan fingerprint density at radius 2 is 1.76 bits per heavy atom. The Morgan fingerprint density at radius 1 is 1.07 bits per heavy atom. The van der Waals surface area contributed by atoms with E-state index in [1.807, 2.05) is 17.5 Å². The van der Waals surface area contributed by atoms with Crippen molar-refractivity contribution in [2.24, 2.45) is 0 Å². The molecule has 2 aromatic carbocycles. The van der Waals surface area contributed by atoms with Crippen LogP contribution >= 0.6 is 11.3 Å². The van der Waals surface area contributed by atoms with Crippen molar-refractivity contribution in [1.82, 2.24) is 5.32 Å². The molecule has 29 heavy (non-hydrogen) atoms. The second-order valence-corrected chi connectivity index (χ2v) is 9.07. The van der Waals surface area contributed by atoms with Crippen molar-refractivity contribution in [3.05, 3.63) is 93.9 Å². The lowest BCUT2D eigenvalue weighted by Gasteiger charge is -2.17. The third kappa shape index (κ3) is 6.27. The van der Waals surface area contributed by atoms with E-state index in [1.165, 1.54) is 29.5 Å². The Bertz CT molecular complexity index is 1090. The molecule has 1 amide bonds. The van der Waals surface area contributed by atoms with Crippen molar-refractivity contribution in [1.29, 1.82) is 0 Å². The highest BCUT2D eigenvalue weighted by atomic mass is 32.2. The molecule has 0 aliphatic rings. The molecule has 0 saturated heterocycles. The van der Waals surface area contributed by atoms with Gasteiger partial charge < -0.3 is 5.32 Å². The van der Waals surface area contributed by atoms with E-state index in [9.17, 15) is 17.6 Å². The van der Waals surface area contributed by atoms with Gasteiger partial charge in [0, 0.05) is 16.6 Å². The topological polar surface area (TPSA) is 75.3 Å². The molecule has 1 aromatic heterocycles. The lowest BCUT2D eigenvalue weighted by atomic mass is 10.1. The molecule has 8 heteroatoms. The summed E-state index contributed by atoms with van der Waals surface area (Å²) >= 11 is 1.50. The van der Waals surface area contributed by atoms with Crippen molar-refractivity contribution in [3.63, 3.8) is 0 Å². The fraction of sp³-hybridized carbons (Fsp3) is 0.0952. The Labute approximate surface area is 173 Å². The Hall–Kier alpha value is -2.97. The number of carbonyl (C=O) groups excluding carboxylic acids is 1. The van der Waals surface area contributed by atoms with Crippen LogP contribution in [-0.2, 0) is 14.8 Å². The normalized spacial score (nSPS) is 12.6. The van der Waals surface area contributed by atoms with E-state index in [2.05, 4.69) is 10.0 Å². The summed E-state index contributed by atoms with van der Waals surface area (Å²) in [5, 5.41) is 4.86. The molecule has 0 fully saturated rings. The first-order valence-corrected chi connectivity index (χ1v) is 11.4. The molecule has 1 heterocycles. The predicted molar refractivity (Wildman–Crippen MR) is 115 cm³/mol. The summed E-state index contributed by atoms with van der Waals surface area (Å²) in [7, 11) is -3.33. The number of hydrogen-bond acceptors (Lipinski definition) is 4. The number of benzene rings is 2. The number of anilines is 1. The zero-order valence-electron chi connectivity index (χ0n) is 15.5. The number of halogens is 1. The van der Waals surface area contributed by atoms with Crippen LogP contribution in [0.1, 0.15) is 22.0 Å². The summed E-state index contributed by atoms with van der Waals surface area (Å²) in [6.45, 7) is 0. The van der Waals surface area contributed by atoms with Crippen LogP contribution in [0.15, 0.2) is 72.1 Å². The van der Waals surface area contributed by atoms with Gasteiger partial charge in [0.05, 0.1) is 12.3 Å². The molecule has 0 aliphatic heterocycles. The summed E-state index contributed by atoms with van der Waals surface area (Å²) in [6.07, 6.45) is 4.12. The number of sulfonamides is 1. The molecule has 1 unspecified atom stereocenters. The van der Waals surface area contributed by atoms with Crippen LogP contribution in [-0.4, -0.2) is 20.6 Å². The van der Waals surface area contributed by atoms with Crippen molar-refractivity contribution >= 4 is 39.0 Å². The quantitative estimate of drug-likeness (QED) is 0.552. The van der Waals surface area contributed by atoms with E-state index in [0.29, 0.717) is 5.69 Å². The van der Waals surface area contributed by atoms with Gasteiger partial charge in [-0.3, -0.25) is 9.52 Å². The standard InChI is InChI=1S/C21H19FN2O3S2/c1-29(26,27)24-18-11-4-15(5-12-18)6-13-20(25)23-21(19-3-2-14-28-19)16-7-9-17(22)10-8-16/h2-14,21,24H,1H3,(H,23,25)/b13-6+. The minimum atomic E-state index is -3.33. The monoisotopic (exact) mass is 430 g/mol. The van der Waals surface area contributed by atoms with Crippen molar-refractivity contribution in [2.75, 3.05) is 11.0 Å². The average Bonchev–Trinajstić information content (AvgIpc) is 3.20. The molecule has 3 aromatic rings. The Kier molecular flexibility index (Phi) is 6.46. The number of rotatable bonds is 7. The van der Waals surface area contributed by atoms with E-state index in [4.69, 9.17) is 0 Å². The van der Waals surface area contributed by atoms with Crippen LogP contribution in [0.3, 0.4) is 0 Å². The molecule has 150 valence electrons. The highest BCUT2D eigenvalue weighted by Crippen LogP contribution is 2.26. The summed E-state index contributed by atoms with van der Waals surface area (Å²) in [4.78, 5) is 13.4. The Balaban J connectivity index is 1.71. The fourth-order valence-corrected chi connectivity index (χ4v) is 4.03. The summed E-state index contributed by atoms with van der Waals surface area (Å²) in [5.41, 5.74) is 1.98. The van der Waals surface area contributed by atoms with Gasteiger partial charge >= 0.3 is 0 Å². The highest BCUT2D eigenvalue weighted by molar-refractivity contribution is 7.92. The van der Waals surface area contributed by atoms with Gasteiger partial charge in [0.1, 0.15) is 5.82 Å². The van der Waals surface area contributed by atoms with Crippen LogP contribution < -0.4 is 10.0 Å². The molecule has 3 rings (SSSR count). The van der Waals surface area contributed by atoms with Gasteiger partial charge in [0.2, 0.25) is 15.9 Å². The van der Waals surface area contributed by atoms with E-state index >= 15 is 0 Å². The third-order valence-electron chi connectivity index (χ3n) is 3.96. The van der Waals surface area contributed by atoms with Crippen LogP contribution in [0.4, 0.5) is 10.1 Å². The third-order valence-corrected chi connectivity index (χ3v) is 5.50. The average molecular weight is 431 g/mol. The van der Waals surface area contributed by atoms with Crippen LogP contribution in [0, 0.1) is 5.82 Å². The second kappa shape index (κ2) is 9.02. The minimum Gasteiger partial charge on any atom is -0.341 e. The molecule has 0 radical (unpaired) electrons. The first-order valence-electron chi connectivity index (χ1n) is 8.65. The largest absolute Gasteiger partial charge is 0.341 e. The number of nitrogens with one attached hydrogen (secondary N) is 2. The maximum atomic E-state index is 13.2. The molecule has 0 saturated carbocycles. The molecular formula is C21H19FN2O3S2. The van der Waals surface area contributed by atoms with Gasteiger partial charge in [-0.05, 0) is 52.9 Å². The smallest absolute Gasteiger partial charge is 0.244 e. The summed E-state index contributed by atoms with van der Waals surface area (Å²) < 4.78 is 38.1. The van der Waals surface area contributed by atoms with Gasteiger partial charge in [-0.2, -0.15) is 0 Å². The van der Waals surface area contributed by atoms with Gasteiger partial charge in [0.15, 0.2) is 0 Å². The second-order valence-electron chi connectivity index (χ2n) is 6.34. The SMILES string of the molecule is CS(=O)(=O)Nc1ccc(/C=C/C(=O)NC(c2ccc(F)cc2)c2cccs2)cc1. The molecule has 0 aliphatic carbocycles. The number of thiophene rings is 1. The van der Waals surface area contributed by atoms with Crippen molar-refractivity contribution in [2.45, 2.75) is 6.04 Å². The van der Waals surface area contributed by atoms with E-state index < -0.39 is 10.0 Å². The maximum absolute atomic E-state index is 13.2. The van der Waals surface area contributed by atoms with E-state index in [-0.39, 0.29) is 17.8 Å². The molecule has 1 atom stereocenters. The van der Waals surface area contributed by atoms with Gasteiger partial charge in [-0.1, -0.05) is 30.3 Å². The fourth-order valence-electron chi connectivity index (χ4n) is 2.67. The van der Waals surface area contributed by atoms with Gasteiger partial charge in [0.25, 0.3) is 0 Å². The van der Waals surface area contributed by atoms with Crippen LogP contribution in [0.25, 0.3) is 6.08 Å². The first-order chi connectivity index (χ1) is 13.8. The summed E-state index contributed by atoms with van der Waals surface area (Å²) in [5.74, 6) is -0.634. The molecule has 0 bridgehead atoms. The predicted octanol–water partition coefficient (Wildman–Crippen LogP) is 4.18. The first kappa shape index (κ1) is 20.8. The molecule has 0 spiro atoms. The number of amides is 1.